The number of fused-ring (bicyclic) bond motifs is 1. The van der Waals surface area contributed by atoms with Crippen LogP contribution in [0.25, 0.3) is 0 Å². The molecule has 2 rings (SSSR count). The van der Waals surface area contributed by atoms with Crippen LogP contribution in [0.15, 0.2) is 4.52 Å². The summed E-state index contributed by atoms with van der Waals surface area (Å²) in [4.78, 5) is 23.0. The van der Waals surface area contributed by atoms with Gasteiger partial charge in [0, 0.05) is 6.54 Å². The smallest absolute Gasteiger partial charge is 0.358 e. The second-order valence-corrected chi connectivity index (χ2v) is 3.26. The van der Waals surface area contributed by atoms with Crippen molar-refractivity contribution in [1.29, 1.82) is 0 Å². The van der Waals surface area contributed by atoms with Crippen molar-refractivity contribution in [2.24, 2.45) is 5.73 Å². The van der Waals surface area contributed by atoms with Gasteiger partial charge in [0.1, 0.15) is 0 Å². The van der Waals surface area contributed by atoms with Crippen molar-refractivity contribution < 1.29 is 19.2 Å². The third kappa shape index (κ3) is 1.51. The number of hydrogen-bond acceptors (Lipinski definition) is 5. The van der Waals surface area contributed by atoms with Crippen LogP contribution in [-0.4, -0.2) is 35.2 Å². The number of nitrogens with two attached hydrogens (primary N) is 1. The monoisotopic (exact) mass is 211 g/mol. The number of anilines is 1. The zero-order chi connectivity index (χ0) is 11.0. The average Bonchev–Trinajstić information content (AvgIpc) is 2.66. The standard InChI is InChI=1S/C8H9N3O4/c9-5(12)3-11-2-1-4-6(8(13)14)10-15-7(4)11/h1-3H2,(H2,9,12)(H,13,14). The van der Waals surface area contributed by atoms with Gasteiger partial charge >= 0.3 is 5.97 Å². The second kappa shape index (κ2) is 3.26. The van der Waals surface area contributed by atoms with E-state index in [1.807, 2.05) is 0 Å². The molecule has 0 aromatic carbocycles. The number of carbonyl (C=O) groups is 2. The maximum atomic E-state index is 10.7. The molecule has 0 saturated heterocycles. The molecule has 15 heavy (non-hydrogen) atoms. The van der Waals surface area contributed by atoms with Gasteiger partial charge in [-0.1, -0.05) is 5.16 Å². The van der Waals surface area contributed by atoms with Crippen LogP contribution in [0.4, 0.5) is 5.88 Å². The summed E-state index contributed by atoms with van der Waals surface area (Å²) < 4.78 is 4.87. The Balaban J connectivity index is 2.29. The van der Waals surface area contributed by atoms with Crippen molar-refractivity contribution in [3.05, 3.63) is 11.3 Å². The molecule has 0 atom stereocenters. The molecule has 0 aliphatic carbocycles. The molecule has 2 heterocycles. The lowest BCUT2D eigenvalue weighted by atomic mass is 10.2. The maximum absolute atomic E-state index is 10.7. The minimum atomic E-state index is -1.12. The maximum Gasteiger partial charge on any atom is 0.358 e. The van der Waals surface area contributed by atoms with Crippen LogP contribution in [0.5, 0.6) is 0 Å². The van der Waals surface area contributed by atoms with Crippen LogP contribution >= 0.6 is 0 Å². The number of primary amides is 1. The highest BCUT2D eigenvalue weighted by molar-refractivity contribution is 5.89. The lowest BCUT2D eigenvalue weighted by Crippen LogP contribution is -2.32. The van der Waals surface area contributed by atoms with Gasteiger partial charge in [0.25, 0.3) is 0 Å². The summed E-state index contributed by atoms with van der Waals surface area (Å²) in [5.41, 5.74) is 5.48. The van der Waals surface area contributed by atoms with E-state index in [1.165, 1.54) is 0 Å². The third-order valence-electron chi connectivity index (χ3n) is 2.24. The van der Waals surface area contributed by atoms with Crippen molar-refractivity contribution in [2.75, 3.05) is 18.0 Å². The first kappa shape index (κ1) is 9.50. The van der Waals surface area contributed by atoms with E-state index in [0.29, 0.717) is 24.4 Å². The summed E-state index contributed by atoms with van der Waals surface area (Å²) in [7, 11) is 0. The Labute approximate surface area is 84.4 Å². The highest BCUT2D eigenvalue weighted by Crippen LogP contribution is 2.30. The van der Waals surface area contributed by atoms with Crippen molar-refractivity contribution in [3.8, 4) is 0 Å². The van der Waals surface area contributed by atoms with Crippen LogP contribution in [-0.2, 0) is 11.2 Å². The number of nitrogens with zero attached hydrogens (tertiary/aromatic N) is 2. The molecular weight excluding hydrogens is 202 g/mol. The first-order valence-electron chi connectivity index (χ1n) is 4.34. The molecule has 1 aliphatic rings. The van der Waals surface area contributed by atoms with E-state index in [9.17, 15) is 9.59 Å². The van der Waals surface area contributed by atoms with Gasteiger partial charge in [0.05, 0.1) is 12.1 Å². The minimum absolute atomic E-state index is 0.0151. The Bertz CT molecular complexity index is 426. The first-order chi connectivity index (χ1) is 7.09. The van der Waals surface area contributed by atoms with Gasteiger partial charge < -0.3 is 20.3 Å². The fourth-order valence-corrected chi connectivity index (χ4v) is 1.63. The predicted molar refractivity (Wildman–Crippen MR) is 48.6 cm³/mol. The average molecular weight is 211 g/mol. The molecule has 0 spiro atoms. The quantitative estimate of drug-likeness (QED) is 0.678. The molecule has 3 N–H and O–H groups in total. The van der Waals surface area contributed by atoms with Crippen LogP contribution in [0, 0.1) is 0 Å². The third-order valence-corrected chi connectivity index (χ3v) is 2.24. The van der Waals surface area contributed by atoms with E-state index in [0.717, 1.165) is 0 Å². The van der Waals surface area contributed by atoms with E-state index in [-0.39, 0.29) is 12.2 Å². The number of hydrogen-bond donors (Lipinski definition) is 2. The second-order valence-electron chi connectivity index (χ2n) is 3.26. The zero-order valence-electron chi connectivity index (χ0n) is 7.77. The Morgan fingerprint density at radius 2 is 2.33 bits per heavy atom. The summed E-state index contributed by atoms with van der Waals surface area (Å²) in [6.07, 6.45) is 0.508. The van der Waals surface area contributed by atoms with Gasteiger partial charge in [-0.05, 0) is 6.42 Å². The van der Waals surface area contributed by atoms with Crippen LogP contribution in [0.1, 0.15) is 16.1 Å². The van der Waals surface area contributed by atoms with Crippen molar-refractivity contribution in [3.63, 3.8) is 0 Å². The highest BCUT2D eigenvalue weighted by Gasteiger charge is 2.31. The highest BCUT2D eigenvalue weighted by atomic mass is 16.5. The van der Waals surface area contributed by atoms with E-state index in [2.05, 4.69) is 5.16 Å². The van der Waals surface area contributed by atoms with Gasteiger partial charge in [0.2, 0.25) is 11.8 Å². The topological polar surface area (TPSA) is 110 Å². The summed E-state index contributed by atoms with van der Waals surface area (Å²) in [6.45, 7) is 0.543. The molecule has 80 valence electrons. The minimum Gasteiger partial charge on any atom is -0.476 e. The Morgan fingerprint density at radius 3 is 2.93 bits per heavy atom. The molecule has 1 aromatic heterocycles. The summed E-state index contributed by atoms with van der Waals surface area (Å²) >= 11 is 0. The summed E-state index contributed by atoms with van der Waals surface area (Å²) in [5.74, 6) is -1.27. The molecular formula is C8H9N3O4. The fourth-order valence-electron chi connectivity index (χ4n) is 1.63. The summed E-state index contributed by atoms with van der Waals surface area (Å²) in [6, 6.07) is 0. The number of carboxylic acids is 1. The largest absolute Gasteiger partial charge is 0.476 e. The predicted octanol–water partition coefficient (Wildman–Crippen LogP) is -0.779. The van der Waals surface area contributed by atoms with Crippen molar-refractivity contribution >= 4 is 17.8 Å². The molecule has 0 unspecified atom stereocenters. The molecule has 0 bridgehead atoms. The number of aromatic carboxylic acids is 1. The van der Waals surface area contributed by atoms with Gasteiger partial charge in [-0.15, -0.1) is 0 Å². The Kier molecular flexibility index (Phi) is 2.07. The lowest BCUT2D eigenvalue weighted by Gasteiger charge is -2.12. The van der Waals surface area contributed by atoms with Crippen LogP contribution < -0.4 is 10.6 Å². The van der Waals surface area contributed by atoms with E-state index in [1.54, 1.807) is 4.90 Å². The van der Waals surface area contributed by atoms with Gasteiger partial charge in [-0.3, -0.25) is 4.79 Å². The van der Waals surface area contributed by atoms with Crippen LogP contribution in [0.2, 0.25) is 0 Å². The number of amides is 1. The van der Waals surface area contributed by atoms with Crippen molar-refractivity contribution in [2.45, 2.75) is 6.42 Å². The Hall–Kier alpha value is -2.05. The van der Waals surface area contributed by atoms with Gasteiger partial charge in [0.15, 0.2) is 5.69 Å². The van der Waals surface area contributed by atoms with E-state index in [4.69, 9.17) is 15.4 Å². The molecule has 1 aliphatic heterocycles. The molecule has 0 fully saturated rings. The fraction of sp³-hybridized carbons (Fsp3) is 0.375. The molecule has 7 heteroatoms. The Morgan fingerprint density at radius 1 is 1.60 bits per heavy atom. The van der Waals surface area contributed by atoms with Crippen molar-refractivity contribution in [1.82, 2.24) is 5.16 Å². The number of carbonyl (C=O) groups excluding carboxylic acids is 1. The van der Waals surface area contributed by atoms with E-state index < -0.39 is 11.9 Å². The first-order valence-corrected chi connectivity index (χ1v) is 4.34. The van der Waals surface area contributed by atoms with Crippen LogP contribution in [0.3, 0.4) is 0 Å². The number of aromatic nitrogens is 1. The van der Waals surface area contributed by atoms with Gasteiger partial charge in [-0.2, -0.15) is 0 Å². The van der Waals surface area contributed by atoms with E-state index >= 15 is 0 Å². The zero-order valence-corrected chi connectivity index (χ0v) is 7.77. The number of carboxylic acid groups (broad SMARTS) is 1. The SMILES string of the molecule is NC(=O)CN1CCc2c(C(=O)O)noc21. The molecule has 7 nitrogen and oxygen atoms in total. The molecule has 0 radical (unpaired) electrons. The molecule has 0 saturated carbocycles. The molecule has 1 amide bonds. The molecule has 1 aromatic rings. The van der Waals surface area contributed by atoms with Gasteiger partial charge in [-0.25, -0.2) is 4.79 Å². The normalized spacial score (nSPS) is 14.0. The number of rotatable bonds is 3. The lowest BCUT2D eigenvalue weighted by molar-refractivity contribution is -0.116. The summed E-state index contributed by atoms with van der Waals surface area (Å²) in [5, 5.41) is 12.2.